The van der Waals surface area contributed by atoms with E-state index in [0.717, 1.165) is 26.2 Å². The Kier molecular flexibility index (Phi) is 6.14. The van der Waals surface area contributed by atoms with Crippen LogP contribution in [0.1, 0.15) is 34.9 Å². The van der Waals surface area contributed by atoms with Crippen molar-refractivity contribution >= 4 is 33.5 Å². The summed E-state index contributed by atoms with van der Waals surface area (Å²) in [7, 11) is -3.13. The molecule has 1 aromatic heterocycles. The minimum atomic E-state index is -4.28. The van der Waals surface area contributed by atoms with Gasteiger partial charge in [-0.2, -0.15) is 15.2 Å². The Balaban J connectivity index is 1.96. The van der Waals surface area contributed by atoms with Crippen molar-refractivity contribution in [1.82, 2.24) is 15.0 Å². The van der Waals surface area contributed by atoms with Crippen LogP contribution in [-0.2, 0) is 14.6 Å². The number of rotatable bonds is 7. The van der Waals surface area contributed by atoms with E-state index in [4.69, 9.17) is 0 Å². The fraction of sp³-hybridized carbons (Fsp3) is 0.278. The van der Waals surface area contributed by atoms with Crippen LogP contribution in [0.2, 0.25) is 0 Å². The molecule has 1 saturated carbocycles. The van der Waals surface area contributed by atoms with Crippen LogP contribution in [-0.4, -0.2) is 42.7 Å². The highest BCUT2D eigenvalue weighted by molar-refractivity contribution is 7.98. The molecular formula is C18H17N5O4S2. The normalized spacial score (nSPS) is 14.2. The van der Waals surface area contributed by atoms with Gasteiger partial charge in [0.05, 0.1) is 17.6 Å². The van der Waals surface area contributed by atoms with E-state index in [-0.39, 0.29) is 22.3 Å². The van der Waals surface area contributed by atoms with Gasteiger partial charge in [0.15, 0.2) is 10.1 Å². The van der Waals surface area contributed by atoms with Crippen LogP contribution in [0.3, 0.4) is 0 Å². The Hall–Kier alpha value is -2.97. The molecule has 1 aliphatic rings. The number of methoxy groups -OCH3 is 1. The van der Waals surface area contributed by atoms with Gasteiger partial charge >= 0.3 is 5.97 Å². The number of nitrogens with zero attached hydrogens (tertiary/aromatic N) is 4. The van der Waals surface area contributed by atoms with Gasteiger partial charge in [0.1, 0.15) is 11.9 Å². The maximum Gasteiger partial charge on any atom is 0.339 e. The lowest BCUT2D eigenvalue weighted by Gasteiger charge is -2.09. The molecule has 0 atom stereocenters. The Morgan fingerprint density at radius 3 is 2.66 bits per heavy atom. The molecule has 3 rings (SSSR count). The maximum absolute atomic E-state index is 12.9. The fourth-order valence-electron chi connectivity index (χ4n) is 2.45. The third kappa shape index (κ3) is 4.55. The van der Waals surface area contributed by atoms with Crippen molar-refractivity contribution < 1.29 is 17.9 Å². The largest absolute Gasteiger partial charge is 0.465 e. The summed E-state index contributed by atoms with van der Waals surface area (Å²) in [5.74, 6) is 0.248. The monoisotopic (exact) mass is 431 g/mol. The molecule has 9 nitrogen and oxygen atoms in total. The lowest BCUT2D eigenvalue weighted by atomic mass is 10.2. The summed E-state index contributed by atoms with van der Waals surface area (Å²) in [5, 5.41) is 12.6. The summed E-state index contributed by atoms with van der Waals surface area (Å²) < 4.78 is 30.5. The molecule has 0 amide bonds. The van der Waals surface area contributed by atoms with Gasteiger partial charge in [-0.15, -0.1) is 0 Å². The number of hydrogen-bond acceptors (Lipinski definition) is 10. The molecule has 1 aliphatic carbocycles. The molecule has 11 heteroatoms. The predicted molar refractivity (Wildman–Crippen MR) is 106 cm³/mol. The Morgan fingerprint density at radius 2 is 2.03 bits per heavy atom. The van der Waals surface area contributed by atoms with Crippen LogP contribution in [0.4, 0.5) is 5.95 Å². The lowest BCUT2D eigenvalue weighted by Crippen LogP contribution is -2.13. The fourth-order valence-corrected chi connectivity index (χ4v) is 4.08. The smallest absolute Gasteiger partial charge is 0.339 e. The van der Waals surface area contributed by atoms with E-state index in [1.807, 2.05) is 6.26 Å². The summed E-state index contributed by atoms with van der Waals surface area (Å²) in [5.41, 5.74) is -0.156. The highest BCUT2D eigenvalue weighted by Crippen LogP contribution is 2.38. The zero-order chi connectivity index (χ0) is 21.0. The zero-order valence-corrected chi connectivity index (χ0v) is 17.2. The van der Waals surface area contributed by atoms with E-state index in [2.05, 4.69) is 25.0 Å². The average Bonchev–Trinajstić information content (AvgIpc) is 3.58. The van der Waals surface area contributed by atoms with Gasteiger partial charge in [-0.25, -0.2) is 18.2 Å². The van der Waals surface area contributed by atoms with Crippen molar-refractivity contribution in [3.63, 3.8) is 0 Å². The average molecular weight is 431 g/mol. The lowest BCUT2D eigenvalue weighted by molar-refractivity contribution is 0.0596. The first-order valence-electron chi connectivity index (χ1n) is 8.50. The Morgan fingerprint density at radius 1 is 1.31 bits per heavy atom. The van der Waals surface area contributed by atoms with E-state index in [1.165, 1.54) is 36.0 Å². The minimum Gasteiger partial charge on any atom is -0.465 e. The number of allylic oxidation sites excluding steroid dienone is 1. The number of ether oxygens (including phenoxy) is 1. The number of carbonyl (C=O) groups excluding carboxylic acids is 1. The highest BCUT2D eigenvalue weighted by atomic mass is 32.2. The molecule has 0 saturated heterocycles. The number of hydrogen-bond donors (Lipinski definition) is 1. The van der Waals surface area contributed by atoms with Crippen LogP contribution >= 0.6 is 11.8 Å². The van der Waals surface area contributed by atoms with Crippen molar-refractivity contribution in [3.05, 3.63) is 46.8 Å². The number of esters is 1. The molecule has 2 aromatic rings. The number of anilines is 1. The van der Waals surface area contributed by atoms with Crippen LogP contribution in [0.15, 0.2) is 45.4 Å². The molecule has 0 spiro atoms. The number of thioether (sulfide) groups is 1. The van der Waals surface area contributed by atoms with E-state index in [1.54, 1.807) is 6.07 Å². The van der Waals surface area contributed by atoms with Gasteiger partial charge in [0, 0.05) is 12.1 Å². The molecule has 0 aliphatic heterocycles. The molecule has 29 heavy (non-hydrogen) atoms. The molecule has 0 radical (unpaired) electrons. The second-order valence-corrected chi connectivity index (χ2v) is 8.69. The van der Waals surface area contributed by atoms with Crippen molar-refractivity contribution in [2.75, 3.05) is 18.7 Å². The summed E-state index contributed by atoms with van der Waals surface area (Å²) in [6.07, 6.45) is 4.82. The van der Waals surface area contributed by atoms with Crippen molar-refractivity contribution in [2.24, 2.45) is 0 Å². The molecule has 0 bridgehead atoms. The quantitative estimate of drug-likeness (QED) is 0.396. The molecule has 1 N–H and O–H groups in total. The summed E-state index contributed by atoms with van der Waals surface area (Å²) >= 11 is 1.33. The number of sulfone groups is 1. The van der Waals surface area contributed by atoms with Gasteiger partial charge in [-0.05, 0) is 31.2 Å². The Bertz CT molecular complexity index is 1120. The predicted octanol–water partition coefficient (Wildman–Crippen LogP) is 2.51. The first-order chi connectivity index (χ1) is 13.9. The van der Waals surface area contributed by atoms with Gasteiger partial charge in [-0.1, -0.05) is 23.9 Å². The molecule has 0 unspecified atom stereocenters. The summed E-state index contributed by atoms with van der Waals surface area (Å²) in [6, 6.07) is 7.18. The summed E-state index contributed by atoms with van der Waals surface area (Å²) in [4.78, 5) is 23.8. The number of benzene rings is 1. The first kappa shape index (κ1) is 20.8. The van der Waals surface area contributed by atoms with Gasteiger partial charge in [0.2, 0.25) is 15.8 Å². The van der Waals surface area contributed by atoms with Crippen LogP contribution < -0.4 is 5.32 Å². The van der Waals surface area contributed by atoms with Crippen LogP contribution in [0.25, 0.3) is 0 Å². The third-order valence-electron chi connectivity index (χ3n) is 4.07. The standard InChI is InChI=1S/C18H17N5O4S2/c1-27-16(24)13-5-3-4-6-14(13)29(25,26)12(9-19)10-20-17-21-15(11-7-8-11)22-18(23-17)28-2/h3-6,10-11H,7-8H2,1-2H3,(H,20,21,22,23). The van der Waals surface area contributed by atoms with E-state index in [9.17, 15) is 18.5 Å². The van der Waals surface area contributed by atoms with Crippen LogP contribution in [0, 0.1) is 11.3 Å². The number of carbonyl (C=O) groups is 1. The minimum absolute atomic E-state index is 0.149. The molecule has 150 valence electrons. The maximum atomic E-state index is 12.9. The number of aromatic nitrogens is 3. The summed E-state index contributed by atoms with van der Waals surface area (Å²) in [6.45, 7) is 0. The second kappa shape index (κ2) is 8.59. The van der Waals surface area contributed by atoms with E-state index < -0.39 is 20.7 Å². The van der Waals surface area contributed by atoms with E-state index in [0.29, 0.717) is 11.0 Å². The third-order valence-corrected chi connectivity index (χ3v) is 6.34. The van der Waals surface area contributed by atoms with Crippen LogP contribution in [0.5, 0.6) is 0 Å². The van der Waals surface area contributed by atoms with Crippen molar-refractivity contribution in [3.8, 4) is 6.07 Å². The second-order valence-electron chi connectivity index (χ2n) is 6.03. The Labute approximate surface area is 172 Å². The first-order valence-corrected chi connectivity index (χ1v) is 11.2. The SMILES string of the molecule is COC(=O)c1ccccc1S(=O)(=O)C(C#N)=CNc1nc(SC)nc(C2CC2)n1. The number of nitrogens with one attached hydrogen (secondary N) is 1. The molecule has 1 fully saturated rings. The molecule has 1 aromatic carbocycles. The molecular weight excluding hydrogens is 414 g/mol. The topological polar surface area (TPSA) is 135 Å². The molecule has 1 heterocycles. The van der Waals surface area contributed by atoms with Gasteiger partial charge in [0.25, 0.3) is 0 Å². The zero-order valence-electron chi connectivity index (χ0n) is 15.6. The van der Waals surface area contributed by atoms with Crippen molar-refractivity contribution in [2.45, 2.75) is 28.8 Å². The highest BCUT2D eigenvalue weighted by Gasteiger charge is 2.29. The van der Waals surface area contributed by atoms with Gasteiger partial charge < -0.3 is 10.1 Å². The van der Waals surface area contributed by atoms with Crippen molar-refractivity contribution in [1.29, 1.82) is 5.26 Å². The number of nitriles is 1. The van der Waals surface area contributed by atoms with Gasteiger partial charge in [-0.3, -0.25) is 0 Å². The van der Waals surface area contributed by atoms with E-state index >= 15 is 0 Å².